The summed E-state index contributed by atoms with van der Waals surface area (Å²) in [4.78, 5) is 33.2. The minimum atomic E-state index is -0.528. The maximum absolute atomic E-state index is 12.4. The van der Waals surface area contributed by atoms with Crippen LogP contribution in [0.2, 0.25) is 5.02 Å². The predicted octanol–water partition coefficient (Wildman–Crippen LogP) is 3.92. The molecule has 0 unspecified atom stereocenters. The molecule has 0 saturated carbocycles. The predicted molar refractivity (Wildman–Crippen MR) is 108 cm³/mol. The van der Waals surface area contributed by atoms with Gasteiger partial charge in [0.1, 0.15) is 18.2 Å². The molecule has 0 spiro atoms. The SMILES string of the molecule is O=C(Cn1cnc2ccccc2c1=O)OCc1csc(-c2ccc(Cl)cc2)n1. The number of carbonyl (C=O) groups is 1. The third-order valence-electron chi connectivity index (χ3n) is 4.05. The van der Waals surface area contributed by atoms with Crippen LogP contribution in [0.15, 0.2) is 65.0 Å². The van der Waals surface area contributed by atoms with Crippen molar-refractivity contribution in [1.82, 2.24) is 14.5 Å². The van der Waals surface area contributed by atoms with E-state index < -0.39 is 5.97 Å². The van der Waals surface area contributed by atoms with Gasteiger partial charge in [-0.1, -0.05) is 35.9 Å². The first-order valence-corrected chi connectivity index (χ1v) is 9.66. The largest absolute Gasteiger partial charge is 0.458 e. The highest BCUT2D eigenvalue weighted by atomic mass is 35.5. The van der Waals surface area contributed by atoms with E-state index in [-0.39, 0.29) is 18.7 Å². The monoisotopic (exact) mass is 411 g/mol. The van der Waals surface area contributed by atoms with E-state index in [0.717, 1.165) is 10.6 Å². The van der Waals surface area contributed by atoms with Crippen LogP contribution in [0, 0.1) is 0 Å². The van der Waals surface area contributed by atoms with E-state index in [4.69, 9.17) is 16.3 Å². The number of benzene rings is 2. The lowest BCUT2D eigenvalue weighted by Crippen LogP contribution is -2.25. The zero-order chi connectivity index (χ0) is 19.5. The molecule has 0 aliphatic carbocycles. The summed E-state index contributed by atoms with van der Waals surface area (Å²) < 4.78 is 6.50. The van der Waals surface area contributed by atoms with Gasteiger partial charge in [-0.05, 0) is 24.3 Å². The summed E-state index contributed by atoms with van der Waals surface area (Å²) in [6, 6.07) is 14.4. The highest BCUT2D eigenvalue weighted by molar-refractivity contribution is 7.13. The molecule has 0 atom stereocenters. The lowest BCUT2D eigenvalue weighted by Gasteiger charge is -2.06. The first-order chi connectivity index (χ1) is 13.6. The van der Waals surface area contributed by atoms with Crippen molar-refractivity contribution < 1.29 is 9.53 Å². The Labute approximate surface area is 169 Å². The molecule has 6 nitrogen and oxygen atoms in total. The molecule has 0 bridgehead atoms. The Kier molecular flexibility index (Phi) is 5.18. The van der Waals surface area contributed by atoms with E-state index in [1.807, 2.05) is 17.5 Å². The molecule has 28 heavy (non-hydrogen) atoms. The molecule has 0 saturated heterocycles. The number of hydrogen-bond acceptors (Lipinski definition) is 6. The molecule has 0 fully saturated rings. The minimum absolute atomic E-state index is 0.0404. The normalized spacial score (nSPS) is 10.9. The number of esters is 1. The fourth-order valence-corrected chi connectivity index (χ4v) is 3.59. The highest BCUT2D eigenvalue weighted by Gasteiger charge is 2.11. The zero-order valence-corrected chi connectivity index (χ0v) is 16.1. The van der Waals surface area contributed by atoms with Crippen molar-refractivity contribution in [2.24, 2.45) is 0 Å². The summed E-state index contributed by atoms with van der Waals surface area (Å²) in [5, 5.41) is 3.77. The average Bonchev–Trinajstić information content (AvgIpc) is 3.18. The number of thiazole rings is 1. The van der Waals surface area contributed by atoms with Gasteiger partial charge in [-0.25, -0.2) is 9.97 Å². The number of hydrogen-bond donors (Lipinski definition) is 0. The summed E-state index contributed by atoms with van der Waals surface area (Å²) in [5.41, 5.74) is 1.91. The van der Waals surface area contributed by atoms with Crippen LogP contribution >= 0.6 is 22.9 Å². The van der Waals surface area contributed by atoms with Crippen LogP contribution in [-0.2, 0) is 22.7 Å². The molecule has 0 aliphatic rings. The second-order valence-electron chi connectivity index (χ2n) is 6.01. The topological polar surface area (TPSA) is 74.1 Å². The Balaban J connectivity index is 1.41. The summed E-state index contributed by atoms with van der Waals surface area (Å²) >= 11 is 7.35. The van der Waals surface area contributed by atoms with E-state index in [2.05, 4.69) is 9.97 Å². The van der Waals surface area contributed by atoms with E-state index in [1.165, 1.54) is 22.2 Å². The molecule has 2 aromatic carbocycles. The van der Waals surface area contributed by atoms with Crippen LogP contribution in [0.5, 0.6) is 0 Å². The molecule has 4 rings (SSSR count). The first kappa shape index (κ1) is 18.3. The van der Waals surface area contributed by atoms with Crippen LogP contribution in [-0.4, -0.2) is 20.5 Å². The first-order valence-electron chi connectivity index (χ1n) is 8.40. The smallest absolute Gasteiger partial charge is 0.326 e. The molecule has 140 valence electrons. The third kappa shape index (κ3) is 3.95. The Morgan fingerprint density at radius 1 is 1.14 bits per heavy atom. The number of para-hydroxylation sites is 1. The second-order valence-corrected chi connectivity index (χ2v) is 7.30. The fraction of sp³-hybridized carbons (Fsp3) is 0.100. The number of halogens is 1. The van der Waals surface area contributed by atoms with Crippen molar-refractivity contribution in [3.05, 3.63) is 81.3 Å². The van der Waals surface area contributed by atoms with Crippen molar-refractivity contribution in [3.63, 3.8) is 0 Å². The van der Waals surface area contributed by atoms with E-state index in [0.29, 0.717) is 21.6 Å². The lowest BCUT2D eigenvalue weighted by molar-refractivity contribution is -0.145. The van der Waals surface area contributed by atoms with Crippen LogP contribution in [0.25, 0.3) is 21.5 Å². The molecule has 2 heterocycles. The number of rotatable bonds is 5. The average molecular weight is 412 g/mol. The molecule has 8 heteroatoms. The molecule has 0 radical (unpaired) electrons. The van der Waals surface area contributed by atoms with Crippen LogP contribution in [0.4, 0.5) is 0 Å². The standard InChI is InChI=1S/C20H14ClN3O3S/c21-14-7-5-13(6-8-14)19-23-15(11-28-19)10-27-18(25)9-24-12-22-17-4-2-1-3-16(17)20(24)26/h1-8,11-12H,9-10H2. The van der Waals surface area contributed by atoms with Crippen LogP contribution in [0.3, 0.4) is 0 Å². The Bertz CT molecular complexity index is 1200. The molecule has 4 aromatic rings. The third-order valence-corrected chi connectivity index (χ3v) is 5.25. The van der Waals surface area contributed by atoms with Gasteiger partial charge in [-0.3, -0.25) is 14.2 Å². The van der Waals surface area contributed by atoms with Gasteiger partial charge < -0.3 is 4.74 Å². The van der Waals surface area contributed by atoms with Gasteiger partial charge in [-0.2, -0.15) is 0 Å². The number of fused-ring (bicyclic) bond motifs is 1. The Hall–Kier alpha value is -3.03. The molecule has 0 amide bonds. The molecular weight excluding hydrogens is 398 g/mol. The van der Waals surface area contributed by atoms with Gasteiger partial charge in [0.25, 0.3) is 5.56 Å². The van der Waals surface area contributed by atoms with E-state index >= 15 is 0 Å². The summed E-state index contributed by atoms with van der Waals surface area (Å²) in [5.74, 6) is -0.528. The zero-order valence-electron chi connectivity index (χ0n) is 14.5. The molecule has 0 aliphatic heterocycles. The van der Waals surface area contributed by atoms with Gasteiger partial charge in [0.15, 0.2) is 0 Å². The molecule has 0 N–H and O–H groups in total. The van der Waals surface area contributed by atoms with Crippen molar-refractivity contribution in [2.75, 3.05) is 0 Å². The van der Waals surface area contributed by atoms with Crippen molar-refractivity contribution in [1.29, 1.82) is 0 Å². The highest BCUT2D eigenvalue weighted by Crippen LogP contribution is 2.25. The maximum Gasteiger partial charge on any atom is 0.326 e. The van der Waals surface area contributed by atoms with Crippen molar-refractivity contribution in [2.45, 2.75) is 13.2 Å². The Morgan fingerprint density at radius 3 is 2.75 bits per heavy atom. The fourth-order valence-electron chi connectivity index (χ4n) is 2.66. The molecular formula is C20H14ClN3O3S. The van der Waals surface area contributed by atoms with Gasteiger partial charge in [0, 0.05) is 16.0 Å². The number of carbonyl (C=O) groups excluding carboxylic acids is 1. The lowest BCUT2D eigenvalue weighted by atomic mass is 10.2. The van der Waals surface area contributed by atoms with Crippen LogP contribution < -0.4 is 5.56 Å². The van der Waals surface area contributed by atoms with Crippen molar-refractivity contribution >= 4 is 39.8 Å². The van der Waals surface area contributed by atoms with E-state index in [9.17, 15) is 9.59 Å². The quantitative estimate of drug-likeness (QED) is 0.465. The Morgan fingerprint density at radius 2 is 1.93 bits per heavy atom. The van der Waals surface area contributed by atoms with E-state index in [1.54, 1.807) is 36.4 Å². The maximum atomic E-state index is 12.4. The van der Waals surface area contributed by atoms with Crippen LogP contribution in [0.1, 0.15) is 5.69 Å². The molecule has 2 aromatic heterocycles. The summed E-state index contributed by atoms with van der Waals surface area (Å²) in [6.07, 6.45) is 1.35. The number of aromatic nitrogens is 3. The summed E-state index contributed by atoms with van der Waals surface area (Å²) in [7, 11) is 0. The number of nitrogens with zero attached hydrogens (tertiary/aromatic N) is 3. The van der Waals surface area contributed by atoms with Gasteiger partial charge in [0.05, 0.1) is 22.9 Å². The van der Waals surface area contributed by atoms with Gasteiger partial charge >= 0.3 is 5.97 Å². The minimum Gasteiger partial charge on any atom is -0.458 e. The second kappa shape index (κ2) is 7.92. The summed E-state index contributed by atoms with van der Waals surface area (Å²) in [6.45, 7) is -0.163. The number of ether oxygens (including phenoxy) is 1. The van der Waals surface area contributed by atoms with Gasteiger partial charge in [0.2, 0.25) is 0 Å². The van der Waals surface area contributed by atoms with Crippen molar-refractivity contribution in [3.8, 4) is 10.6 Å². The van der Waals surface area contributed by atoms with Gasteiger partial charge in [-0.15, -0.1) is 11.3 Å².